The number of piperazine rings is 1. The van der Waals surface area contributed by atoms with Crippen molar-refractivity contribution in [3.05, 3.63) is 64.7 Å². The van der Waals surface area contributed by atoms with Gasteiger partial charge in [0, 0.05) is 38.4 Å². The molecule has 0 saturated carbocycles. The minimum atomic E-state index is -0.692. The summed E-state index contributed by atoms with van der Waals surface area (Å²) in [6.45, 7) is 5.53. The number of amides is 2. The van der Waals surface area contributed by atoms with Crippen molar-refractivity contribution in [2.75, 3.05) is 44.2 Å². The fourth-order valence-corrected chi connectivity index (χ4v) is 4.20. The number of carbonyl (C=O) groups excluding carboxylic acids is 2. The van der Waals surface area contributed by atoms with E-state index in [1.54, 1.807) is 19.1 Å². The third-order valence-electron chi connectivity index (χ3n) is 5.42. The number of furan rings is 1. The number of nitrogens with zero attached hydrogens (tertiary/aromatic N) is 2. The van der Waals surface area contributed by atoms with Crippen molar-refractivity contribution in [1.29, 1.82) is 0 Å². The Kier molecular flexibility index (Phi) is 6.48. The van der Waals surface area contributed by atoms with Gasteiger partial charge < -0.3 is 24.7 Å². The molecule has 2 aliphatic rings. The van der Waals surface area contributed by atoms with Gasteiger partial charge in [-0.05, 0) is 31.2 Å². The van der Waals surface area contributed by atoms with Gasteiger partial charge in [0.05, 0.1) is 29.2 Å². The Morgan fingerprint density at radius 3 is 2.65 bits per heavy atom. The number of benzene rings is 1. The molecule has 1 unspecified atom stereocenters. The number of hydrogen-bond acceptors (Lipinski definition) is 6. The first-order valence-electron chi connectivity index (χ1n) is 10.3. The third kappa shape index (κ3) is 4.70. The van der Waals surface area contributed by atoms with E-state index in [9.17, 15) is 9.59 Å². The first kappa shape index (κ1) is 21.3. The SMILES string of the molecule is CCOC(=O)C1=C(CN2CCN(c3ccccc3Cl)CC2)NC(=O)NC1c1ccco1. The fraction of sp³-hybridized carbons (Fsp3) is 0.364. The van der Waals surface area contributed by atoms with Crippen LogP contribution in [-0.2, 0) is 9.53 Å². The average molecular weight is 445 g/mol. The van der Waals surface area contributed by atoms with E-state index in [-0.39, 0.29) is 12.6 Å². The van der Waals surface area contributed by atoms with Crippen LogP contribution in [0.5, 0.6) is 0 Å². The molecule has 1 saturated heterocycles. The number of ether oxygens (including phenoxy) is 1. The molecule has 0 radical (unpaired) electrons. The Morgan fingerprint density at radius 1 is 1.19 bits per heavy atom. The van der Waals surface area contributed by atoms with Crippen molar-refractivity contribution in [3.8, 4) is 0 Å². The fourth-order valence-electron chi connectivity index (χ4n) is 3.94. The second-order valence-corrected chi connectivity index (χ2v) is 7.78. The van der Waals surface area contributed by atoms with Crippen molar-refractivity contribution in [1.82, 2.24) is 15.5 Å². The van der Waals surface area contributed by atoms with Crippen LogP contribution in [0.15, 0.2) is 58.3 Å². The Bertz CT molecular complexity index is 968. The lowest BCUT2D eigenvalue weighted by Crippen LogP contribution is -2.51. The van der Waals surface area contributed by atoms with Crippen LogP contribution in [0, 0.1) is 0 Å². The van der Waals surface area contributed by atoms with Gasteiger partial charge >= 0.3 is 12.0 Å². The van der Waals surface area contributed by atoms with Gasteiger partial charge in [0.25, 0.3) is 0 Å². The predicted molar refractivity (Wildman–Crippen MR) is 117 cm³/mol. The molecule has 164 valence electrons. The molecule has 4 rings (SSSR count). The Labute approximate surface area is 185 Å². The molecule has 1 atom stereocenters. The van der Waals surface area contributed by atoms with Crippen LogP contribution in [0.3, 0.4) is 0 Å². The quantitative estimate of drug-likeness (QED) is 0.666. The number of carbonyl (C=O) groups is 2. The molecular weight excluding hydrogens is 420 g/mol. The Balaban J connectivity index is 1.53. The van der Waals surface area contributed by atoms with Crippen LogP contribution in [0.25, 0.3) is 0 Å². The Morgan fingerprint density at radius 2 is 1.97 bits per heavy atom. The number of esters is 1. The van der Waals surface area contributed by atoms with Gasteiger partial charge in [-0.15, -0.1) is 0 Å². The van der Waals surface area contributed by atoms with Crippen molar-refractivity contribution >= 4 is 29.3 Å². The standard InChI is InChI=1S/C22H25ClN4O4/c1-2-30-21(28)19-16(24-22(29)25-20(19)18-8-5-13-31-18)14-26-9-11-27(12-10-26)17-7-4-3-6-15(17)23/h3-8,13,20H,2,9-12,14H2,1H3,(H2,24,25,29). The van der Waals surface area contributed by atoms with Crippen LogP contribution in [0.1, 0.15) is 18.7 Å². The van der Waals surface area contributed by atoms with E-state index in [1.165, 1.54) is 6.26 Å². The normalized spacial score (nSPS) is 19.7. The highest BCUT2D eigenvalue weighted by atomic mass is 35.5. The first-order chi connectivity index (χ1) is 15.1. The molecule has 3 heterocycles. The highest BCUT2D eigenvalue weighted by Gasteiger charge is 2.36. The summed E-state index contributed by atoms with van der Waals surface area (Å²) in [5.41, 5.74) is 1.92. The van der Waals surface area contributed by atoms with E-state index in [4.69, 9.17) is 20.8 Å². The largest absolute Gasteiger partial charge is 0.467 e. The van der Waals surface area contributed by atoms with Crippen molar-refractivity contribution in [2.24, 2.45) is 0 Å². The highest BCUT2D eigenvalue weighted by Crippen LogP contribution is 2.29. The second-order valence-electron chi connectivity index (χ2n) is 7.37. The molecule has 2 amide bonds. The highest BCUT2D eigenvalue weighted by molar-refractivity contribution is 6.33. The number of urea groups is 1. The maximum atomic E-state index is 12.8. The van der Waals surface area contributed by atoms with E-state index in [0.717, 1.165) is 36.9 Å². The van der Waals surface area contributed by atoms with Gasteiger partial charge in [0.2, 0.25) is 0 Å². The van der Waals surface area contributed by atoms with E-state index < -0.39 is 12.0 Å². The zero-order valence-corrected chi connectivity index (χ0v) is 18.0. The molecule has 2 aromatic rings. The van der Waals surface area contributed by atoms with Crippen molar-refractivity contribution in [3.63, 3.8) is 0 Å². The minimum absolute atomic E-state index is 0.241. The minimum Gasteiger partial charge on any atom is -0.467 e. The molecule has 1 aromatic carbocycles. The number of halogens is 1. The number of para-hydroxylation sites is 1. The third-order valence-corrected chi connectivity index (χ3v) is 5.74. The van der Waals surface area contributed by atoms with Gasteiger partial charge in [0.15, 0.2) is 0 Å². The monoisotopic (exact) mass is 444 g/mol. The number of rotatable bonds is 6. The lowest BCUT2D eigenvalue weighted by molar-refractivity contribution is -0.139. The summed E-state index contributed by atoms with van der Waals surface area (Å²) < 4.78 is 10.8. The second kappa shape index (κ2) is 9.45. The summed E-state index contributed by atoms with van der Waals surface area (Å²) in [6.07, 6.45) is 1.51. The summed E-state index contributed by atoms with van der Waals surface area (Å²) in [5, 5.41) is 6.31. The van der Waals surface area contributed by atoms with Crippen molar-refractivity contribution < 1.29 is 18.7 Å². The average Bonchev–Trinajstić information content (AvgIpc) is 3.29. The smallest absolute Gasteiger partial charge is 0.338 e. The molecule has 8 nitrogen and oxygen atoms in total. The van der Waals surface area contributed by atoms with E-state index in [2.05, 4.69) is 20.4 Å². The van der Waals surface area contributed by atoms with Crippen molar-refractivity contribution in [2.45, 2.75) is 13.0 Å². The summed E-state index contributed by atoms with van der Waals surface area (Å²) in [6, 6.07) is 10.2. The first-order valence-corrected chi connectivity index (χ1v) is 10.7. The van der Waals surface area contributed by atoms with Crippen LogP contribution < -0.4 is 15.5 Å². The number of hydrogen-bond donors (Lipinski definition) is 2. The number of anilines is 1. The molecule has 1 aromatic heterocycles. The van der Waals surface area contributed by atoms with E-state index in [1.807, 2.05) is 24.3 Å². The molecule has 2 N–H and O–H groups in total. The summed E-state index contributed by atoms with van der Waals surface area (Å²) in [5.74, 6) is 0.0139. The number of nitrogens with one attached hydrogen (secondary N) is 2. The predicted octanol–water partition coefficient (Wildman–Crippen LogP) is 2.93. The van der Waals surface area contributed by atoms with Crippen LogP contribution in [0.4, 0.5) is 10.5 Å². The molecule has 9 heteroatoms. The molecule has 0 spiro atoms. The summed E-state index contributed by atoms with van der Waals surface area (Å²) >= 11 is 6.34. The van der Waals surface area contributed by atoms with Gasteiger partial charge in [0.1, 0.15) is 11.8 Å². The van der Waals surface area contributed by atoms with Gasteiger partial charge in [-0.3, -0.25) is 4.90 Å². The van der Waals surface area contributed by atoms with Gasteiger partial charge in [-0.25, -0.2) is 9.59 Å². The van der Waals surface area contributed by atoms with Crippen LogP contribution in [-0.4, -0.2) is 56.2 Å². The van der Waals surface area contributed by atoms with Crippen LogP contribution in [0.2, 0.25) is 5.02 Å². The topological polar surface area (TPSA) is 87.0 Å². The van der Waals surface area contributed by atoms with E-state index >= 15 is 0 Å². The summed E-state index contributed by atoms with van der Waals surface area (Å²) in [4.78, 5) is 29.6. The molecule has 0 bridgehead atoms. The lowest BCUT2D eigenvalue weighted by Gasteiger charge is -2.38. The Hall–Kier alpha value is -2.97. The molecule has 2 aliphatic heterocycles. The maximum absolute atomic E-state index is 12.8. The lowest BCUT2D eigenvalue weighted by atomic mass is 9.99. The zero-order valence-electron chi connectivity index (χ0n) is 17.3. The maximum Gasteiger partial charge on any atom is 0.338 e. The molecule has 1 fully saturated rings. The van der Waals surface area contributed by atoms with E-state index in [0.29, 0.717) is 23.6 Å². The zero-order chi connectivity index (χ0) is 21.8. The van der Waals surface area contributed by atoms with Gasteiger partial charge in [-0.2, -0.15) is 0 Å². The molecular formula is C22H25ClN4O4. The molecule has 31 heavy (non-hydrogen) atoms. The van der Waals surface area contributed by atoms with Crippen LogP contribution >= 0.6 is 11.6 Å². The van der Waals surface area contributed by atoms with Gasteiger partial charge in [-0.1, -0.05) is 23.7 Å². The summed E-state index contributed by atoms with van der Waals surface area (Å²) in [7, 11) is 0. The molecule has 0 aliphatic carbocycles.